The van der Waals surface area contributed by atoms with E-state index in [2.05, 4.69) is 9.93 Å². The number of nitrogens with one attached hydrogen (secondary N) is 1. The number of hydrazone groups is 1. The van der Waals surface area contributed by atoms with Crippen LogP contribution in [-0.2, 0) is 16.6 Å². The topological polar surface area (TPSA) is 67.8 Å². The molecule has 0 saturated heterocycles. The van der Waals surface area contributed by atoms with Gasteiger partial charge in [-0.2, -0.15) is 13.5 Å². The van der Waals surface area contributed by atoms with Crippen LogP contribution in [-0.4, -0.2) is 14.6 Å². The Morgan fingerprint density at radius 2 is 1.59 bits per heavy atom. The zero-order valence-electron chi connectivity index (χ0n) is 14.2. The lowest BCUT2D eigenvalue weighted by Crippen LogP contribution is -2.18. The minimum Gasteiger partial charge on any atom is -0.489 e. The van der Waals surface area contributed by atoms with Crippen LogP contribution in [0.5, 0.6) is 5.75 Å². The van der Waals surface area contributed by atoms with E-state index in [4.69, 9.17) is 16.3 Å². The molecule has 0 heterocycles. The van der Waals surface area contributed by atoms with Crippen molar-refractivity contribution < 1.29 is 13.2 Å². The fourth-order valence-electron chi connectivity index (χ4n) is 2.25. The Morgan fingerprint density at radius 1 is 0.926 bits per heavy atom. The van der Waals surface area contributed by atoms with Crippen molar-refractivity contribution >= 4 is 27.8 Å². The first kappa shape index (κ1) is 18.9. The quantitative estimate of drug-likeness (QED) is 0.476. The molecule has 0 amide bonds. The normalized spacial score (nSPS) is 11.4. The highest BCUT2D eigenvalue weighted by atomic mass is 35.5. The average molecular weight is 401 g/mol. The third-order valence-electron chi connectivity index (χ3n) is 3.67. The molecule has 0 atom stereocenters. The number of hydrogen-bond acceptors (Lipinski definition) is 4. The number of rotatable bonds is 7. The smallest absolute Gasteiger partial charge is 0.276 e. The summed E-state index contributed by atoms with van der Waals surface area (Å²) in [5.41, 5.74) is 1.64. The molecule has 3 aromatic carbocycles. The summed E-state index contributed by atoms with van der Waals surface area (Å²) in [4.78, 5) is 2.34. The molecule has 0 radical (unpaired) electrons. The van der Waals surface area contributed by atoms with Crippen molar-refractivity contribution in [2.24, 2.45) is 5.10 Å². The first-order valence-corrected chi connectivity index (χ1v) is 9.97. The summed E-state index contributed by atoms with van der Waals surface area (Å²) < 4.78 is 29.8. The van der Waals surface area contributed by atoms with E-state index >= 15 is 0 Å². The summed E-state index contributed by atoms with van der Waals surface area (Å²) in [5, 5.41) is 4.46. The Morgan fingerprint density at radius 3 is 2.30 bits per heavy atom. The molecule has 3 aromatic rings. The fourth-order valence-corrected chi connectivity index (χ4v) is 3.25. The summed E-state index contributed by atoms with van der Waals surface area (Å²) in [6.45, 7) is 0.365. The van der Waals surface area contributed by atoms with Crippen molar-refractivity contribution in [2.75, 3.05) is 0 Å². The molecular formula is C20H17ClN2O3S. The maximum Gasteiger partial charge on any atom is 0.276 e. The van der Waals surface area contributed by atoms with Gasteiger partial charge in [0.2, 0.25) is 0 Å². The highest BCUT2D eigenvalue weighted by Crippen LogP contribution is 2.18. The summed E-state index contributed by atoms with van der Waals surface area (Å²) in [6, 6.07) is 22.7. The predicted molar refractivity (Wildman–Crippen MR) is 107 cm³/mol. The Kier molecular flexibility index (Phi) is 6.11. The van der Waals surface area contributed by atoms with E-state index < -0.39 is 10.0 Å². The first-order valence-electron chi connectivity index (χ1n) is 8.11. The second kappa shape index (κ2) is 8.70. The Bertz CT molecular complexity index is 1020. The average Bonchev–Trinajstić information content (AvgIpc) is 2.69. The van der Waals surface area contributed by atoms with Crippen LogP contribution in [0, 0.1) is 0 Å². The predicted octanol–water partition coefficient (Wildman–Crippen LogP) is 4.23. The van der Waals surface area contributed by atoms with Crippen molar-refractivity contribution in [2.45, 2.75) is 11.5 Å². The highest BCUT2D eigenvalue weighted by Gasteiger charge is 2.10. The van der Waals surface area contributed by atoms with Gasteiger partial charge in [0.1, 0.15) is 12.4 Å². The molecule has 3 rings (SSSR count). The zero-order chi connectivity index (χ0) is 19.1. The molecular weight excluding hydrogens is 384 g/mol. The maximum atomic E-state index is 12.1. The van der Waals surface area contributed by atoms with Gasteiger partial charge in [-0.3, -0.25) is 0 Å². The van der Waals surface area contributed by atoms with Crippen molar-refractivity contribution in [1.29, 1.82) is 0 Å². The molecule has 0 spiro atoms. The first-order chi connectivity index (χ1) is 13.0. The number of halogens is 1. The summed E-state index contributed by atoms with van der Waals surface area (Å²) in [7, 11) is -3.67. The lowest BCUT2D eigenvalue weighted by atomic mass is 10.2. The Balaban J connectivity index is 1.57. The maximum absolute atomic E-state index is 12.1. The van der Waals surface area contributed by atoms with Gasteiger partial charge in [-0.1, -0.05) is 48.0 Å². The number of nitrogens with zero attached hydrogens (tertiary/aromatic N) is 1. The molecule has 138 valence electrons. The second-order valence-electron chi connectivity index (χ2n) is 5.62. The summed E-state index contributed by atoms with van der Waals surface area (Å²) in [6.07, 6.45) is 1.43. The van der Waals surface area contributed by atoms with Crippen LogP contribution in [0.4, 0.5) is 0 Å². The molecule has 0 aromatic heterocycles. The van der Waals surface area contributed by atoms with Crippen molar-refractivity contribution in [3.63, 3.8) is 0 Å². The van der Waals surface area contributed by atoms with Gasteiger partial charge in [0.05, 0.1) is 11.1 Å². The summed E-state index contributed by atoms with van der Waals surface area (Å²) >= 11 is 6.10. The van der Waals surface area contributed by atoms with E-state index in [0.29, 0.717) is 17.4 Å². The molecule has 7 heteroatoms. The van der Waals surface area contributed by atoms with E-state index in [1.165, 1.54) is 18.3 Å². The molecule has 5 nitrogen and oxygen atoms in total. The minimum absolute atomic E-state index is 0.158. The standard InChI is InChI=1S/C20H17ClN2O3S/c21-20-9-5-4-6-17(20)15-26-18-12-10-16(11-13-18)14-22-23-27(24,25)19-7-2-1-3-8-19/h1-14,23H,15H2/b22-14+. The van der Waals surface area contributed by atoms with Gasteiger partial charge in [0.15, 0.2) is 0 Å². The van der Waals surface area contributed by atoms with Crippen LogP contribution in [0.25, 0.3) is 0 Å². The van der Waals surface area contributed by atoms with Crippen LogP contribution in [0.1, 0.15) is 11.1 Å². The lowest BCUT2D eigenvalue weighted by Gasteiger charge is -2.07. The van der Waals surface area contributed by atoms with Gasteiger partial charge in [-0.25, -0.2) is 4.83 Å². The number of sulfonamides is 1. The van der Waals surface area contributed by atoms with E-state index in [-0.39, 0.29) is 4.90 Å². The molecule has 0 aliphatic heterocycles. The van der Waals surface area contributed by atoms with Gasteiger partial charge >= 0.3 is 0 Å². The van der Waals surface area contributed by atoms with E-state index in [9.17, 15) is 8.42 Å². The van der Waals surface area contributed by atoms with E-state index in [0.717, 1.165) is 11.1 Å². The Hall–Kier alpha value is -2.83. The van der Waals surface area contributed by atoms with Gasteiger partial charge in [-0.05, 0) is 48.0 Å². The van der Waals surface area contributed by atoms with Gasteiger partial charge in [-0.15, -0.1) is 0 Å². The SMILES string of the molecule is O=S(=O)(N/N=C/c1ccc(OCc2ccccc2Cl)cc1)c1ccccc1. The van der Waals surface area contributed by atoms with Crippen molar-refractivity contribution in [3.8, 4) is 5.75 Å². The van der Waals surface area contributed by atoms with E-state index in [1.54, 1.807) is 42.5 Å². The monoisotopic (exact) mass is 400 g/mol. The largest absolute Gasteiger partial charge is 0.489 e. The minimum atomic E-state index is -3.67. The van der Waals surface area contributed by atoms with Gasteiger partial charge < -0.3 is 4.74 Å². The summed E-state index contributed by atoms with van der Waals surface area (Å²) in [5.74, 6) is 0.678. The lowest BCUT2D eigenvalue weighted by molar-refractivity contribution is 0.306. The van der Waals surface area contributed by atoms with Crippen molar-refractivity contribution in [1.82, 2.24) is 4.83 Å². The van der Waals surface area contributed by atoms with Crippen LogP contribution in [0.3, 0.4) is 0 Å². The van der Waals surface area contributed by atoms with Crippen LogP contribution in [0.2, 0.25) is 5.02 Å². The van der Waals surface area contributed by atoms with Gasteiger partial charge in [0.25, 0.3) is 10.0 Å². The number of benzene rings is 3. The zero-order valence-corrected chi connectivity index (χ0v) is 15.8. The van der Waals surface area contributed by atoms with E-state index in [1.807, 2.05) is 24.3 Å². The van der Waals surface area contributed by atoms with Crippen LogP contribution < -0.4 is 9.57 Å². The van der Waals surface area contributed by atoms with Crippen molar-refractivity contribution in [3.05, 3.63) is 95.0 Å². The fraction of sp³-hybridized carbons (Fsp3) is 0.0500. The molecule has 0 fully saturated rings. The molecule has 27 heavy (non-hydrogen) atoms. The van der Waals surface area contributed by atoms with Crippen LogP contribution in [0.15, 0.2) is 88.9 Å². The molecule has 0 unspecified atom stereocenters. The third kappa shape index (κ3) is 5.32. The van der Waals surface area contributed by atoms with Gasteiger partial charge in [0, 0.05) is 10.6 Å². The third-order valence-corrected chi connectivity index (χ3v) is 5.28. The molecule has 1 N–H and O–H groups in total. The molecule has 0 saturated carbocycles. The number of hydrogen-bond donors (Lipinski definition) is 1. The van der Waals surface area contributed by atoms with Crippen LogP contribution >= 0.6 is 11.6 Å². The number of ether oxygens (including phenoxy) is 1. The highest BCUT2D eigenvalue weighted by molar-refractivity contribution is 7.89. The second-order valence-corrected chi connectivity index (χ2v) is 7.68. The molecule has 0 aliphatic rings. The Labute approximate surface area is 163 Å². The molecule has 0 bridgehead atoms. The molecule has 0 aliphatic carbocycles.